The zero-order valence-corrected chi connectivity index (χ0v) is 11.6. The average molecular weight is 254 g/mol. The molecular formula is C17H22N2. The van der Waals surface area contributed by atoms with Crippen LogP contribution in [-0.4, -0.2) is 14.1 Å². The minimum Gasteiger partial charge on any atom is -0.313 e. The van der Waals surface area contributed by atoms with E-state index in [-0.39, 0.29) is 0 Å². The van der Waals surface area contributed by atoms with E-state index < -0.39 is 0 Å². The first-order valence-corrected chi connectivity index (χ1v) is 6.79. The summed E-state index contributed by atoms with van der Waals surface area (Å²) < 4.78 is 0. The van der Waals surface area contributed by atoms with E-state index in [2.05, 4.69) is 71.3 Å². The quantitative estimate of drug-likeness (QED) is 0.826. The van der Waals surface area contributed by atoms with Crippen molar-refractivity contribution in [3.05, 3.63) is 71.8 Å². The fraction of sp³-hybridized carbons (Fsp3) is 0.294. The van der Waals surface area contributed by atoms with Gasteiger partial charge < -0.3 is 10.6 Å². The fourth-order valence-electron chi connectivity index (χ4n) is 2.45. The van der Waals surface area contributed by atoms with Crippen molar-refractivity contribution < 1.29 is 0 Å². The van der Waals surface area contributed by atoms with Crippen LogP contribution in [0.3, 0.4) is 0 Å². The second kappa shape index (κ2) is 7.07. The van der Waals surface area contributed by atoms with Crippen molar-refractivity contribution in [2.75, 3.05) is 14.1 Å². The molecule has 0 aliphatic heterocycles. The molecule has 0 saturated heterocycles. The SMILES string of the molecule is CN[C@@H](C[C@H](NC)c1ccccc1)c1ccccc1. The summed E-state index contributed by atoms with van der Waals surface area (Å²) in [5.41, 5.74) is 2.67. The molecule has 0 aliphatic carbocycles. The largest absolute Gasteiger partial charge is 0.313 e. The Bertz CT molecular complexity index is 422. The second-order valence-electron chi connectivity index (χ2n) is 4.74. The molecule has 0 amide bonds. The molecule has 2 nitrogen and oxygen atoms in total. The van der Waals surface area contributed by atoms with Gasteiger partial charge in [-0.1, -0.05) is 60.7 Å². The number of hydrogen-bond acceptors (Lipinski definition) is 2. The Balaban J connectivity index is 2.13. The van der Waals surface area contributed by atoms with Gasteiger partial charge in [0.1, 0.15) is 0 Å². The van der Waals surface area contributed by atoms with E-state index >= 15 is 0 Å². The first-order chi connectivity index (χ1) is 9.35. The fourth-order valence-corrected chi connectivity index (χ4v) is 2.45. The van der Waals surface area contributed by atoms with Crippen molar-refractivity contribution in [3.8, 4) is 0 Å². The maximum Gasteiger partial charge on any atom is 0.0335 e. The summed E-state index contributed by atoms with van der Waals surface area (Å²) in [5.74, 6) is 0. The molecule has 2 aromatic rings. The zero-order chi connectivity index (χ0) is 13.5. The maximum atomic E-state index is 3.41. The molecule has 0 saturated carbocycles. The zero-order valence-electron chi connectivity index (χ0n) is 11.6. The van der Waals surface area contributed by atoms with E-state index in [1.165, 1.54) is 11.1 Å². The Morgan fingerprint density at radius 2 is 1.05 bits per heavy atom. The Labute approximate surface area is 115 Å². The van der Waals surface area contributed by atoms with Crippen molar-refractivity contribution in [1.29, 1.82) is 0 Å². The lowest BCUT2D eigenvalue weighted by molar-refractivity contribution is 0.447. The average Bonchev–Trinajstić information content (AvgIpc) is 2.50. The molecule has 2 heteroatoms. The van der Waals surface area contributed by atoms with Gasteiger partial charge >= 0.3 is 0 Å². The molecule has 0 fully saturated rings. The highest BCUT2D eigenvalue weighted by Gasteiger charge is 2.16. The smallest absolute Gasteiger partial charge is 0.0335 e. The number of nitrogens with one attached hydrogen (secondary N) is 2. The predicted molar refractivity (Wildman–Crippen MR) is 81.1 cm³/mol. The Morgan fingerprint density at radius 3 is 1.37 bits per heavy atom. The molecule has 0 aromatic heterocycles. The highest BCUT2D eigenvalue weighted by Crippen LogP contribution is 2.25. The molecule has 0 aliphatic rings. The summed E-state index contributed by atoms with van der Waals surface area (Å²) >= 11 is 0. The van der Waals surface area contributed by atoms with Crippen LogP contribution in [0.1, 0.15) is 29.6 Å². The Morgan fingerprint density at radius 1 is 0.684 bits per heavy atom. The molecule has 0 heterocycles. The lowest BCUT2D eigenvalue weighted by atomic mass is 9.95. The normalized spacial score (nSPS) is 14.0. The molecule has 100 valence electrons. The second-order valence-corrected chi connectivity index (χ2v) is 4.74. The summed E-state index contributed by atoms with van der Waals surface area (Å²) in [6.45, 7) is 0. The molecule has 0 spiro atoms. The van der Waals surface area contributed by atoms with Gasteiger partial charge in [-0.25, -0.2) is 0 Å². The van der Waals surface area contributed by atoms with Crippen molar-refractivity contribution in [1.82, 2.24) is 10.6 Å². The van der Waals surface area contributed by atoms with Crippen molar-refractivity contribution >= 4 is 0 Å². The van der Waals surface area contributed by atoms with Crippen molar-refractivity contribution in [3.63, 3.8) is 0 Å². The first-order valence-electron chi connectivity index (χ1n) is 6.79. The first kappa shape index (κ1) is 13.8. The minimum atomic E-state index is 0.360. The highest BCUT2D eigenvalue weighted by atomic mass is 14.9. The summed E-state index contributed by atoms with van der Waals surface area (Å²) in [7, 11) is 4.05. The van der Waals surface area contributed by atoms with Crippen LogP contribution in [0.25, 0.3) is 0 Å². The molecule has 2 N–H and O–H groups in total. The van der Waals surface area contributed by atoms with Crippen LogP contribution >= 0.6 is 0 Å². The van der Waals surface area contributed by atoms with Crippen LogP contribution in [0.4, 0.5) is 0 Å². The van der Waals surface area contributed by atoms with Crippen LogP contribution in [0.15, 0.2) is 60.7 Å². The molecular weight excluding hydrogens is 232 g/mol. The van der Waals surface area contributed by atoms with Crippen LogP contribution in [0, 0.1) is 0 Å². The molecule has 2 atom stereocenters. The predicted octanol–water partition coefficient (Wildman–Crippen LogP) is 3.30. The third kappa shape index (κ3) is 3.66. The van der Waals surface area contributed by atoms with E-state index in [0.717, 1.165) is 6.42 Å². The standard InChI is InChI=1S/C17H22N2/c1-18-16(14-9-5-3-6-10-14)13-17(19-2)15-11-7-4-8-12-15/h3-12,16-19H,13H2,1-2H3/t16-,17-/m0/s1. The van der Waals surface area contributed by atoms with Crippen LogP contribution in [0.5, 0.6) is 0 Å². The third-order valence-electron chi connectivity index (χ3n) is 3.57. The van der Waals surface area contributed by atoms with Crippen LogP contribution in [0.2, 0.25) is 0 Å². The number of benzene rings is 2. The van der Waals surface area contributed by atoms with E-state index in [1.807, 2.05) is 14.1 Å². The molecule has 0 radical (unpaired) electrons. The van der Waals surface area contributed by atoms with Crippen LogP contribution < -0.4 is 10.6 Å². The van der Waals surface area contributed by atoms with Gasteiger partial charge in [0.25, 0.3) is 0 Å². The van der Waals surface area contributed by atoms with Gasteiger partial charge in [0.2, 0.25) is 0 Å². The third-order valence-corrected chi connectivity index (χ3v) is 3.57. The topological polar surface area (TPSA) is 24.1 Å². The lowest BCUT2D eigenvalue weighted by Gasteiger charge is -2.24. The summed E-state index contributed by atoms with van der Waals surface area (Å²) in [6, 6.07) is 21.9. The van der Waals surface area contributed by atoms with E-state index in [1.54, 1.807) is 0 Å². The summed E-state index contributed by atoms with van der Waals surface area (Å²) in [6.07, 6.45) is 1.03. The highest BCUT2D eigenvalue weighted by molar-refractivity contribution is 5.22. The summed E-state index contributed by atoms with van der Waals surface area (Å²) in [5, 5.41) is 6.83. The van der Waals surface area contributed by atoms with Crippen LogP contribution in [-0.2, 0) is 0 Å². The monoisotopic (exact) mass is 254 g/mol. The molecule has 0 bridgehead atoms. The Kier molecular flexibility index (Phi) is 5.13. The molecule has 0 unspecified atom stereocenters. The lowest BCUT2D eigenvalue weighted by Crippen LogP contribution is -2.25. The van der Waals surface area contributed by atoms with Crippen molar-refractivity contribution in [2.45, 2.75) is 18.5 Å². The number of rotatable bonds is 6. The minimum absolute atomic E-state index is 0.360. The van der Waals surface area contributed by atoms with Gasteiger partial charge in [-0.3, -0.25) is 0 Å². The van der Waals surface area contributed by atoms with Gasteiger partial charge in [0.05, 0.1) is 0 Å². The van der Waals surface area contributed by atoms with Gasteiger partial charge in [0.15, 0.2) is 0 Å². The summed E-state index contributed by atoms with van der Waals surface area (Å²) in [4.78, 5) is 0. The van der Waals surface area contributed by atoms with E-state index in [9.17, 15) is 0 Å². The molecule has 2 aromatic carbocycles. The maximum absolute atomic E-state index is 3.41. The van der Waals surface area contributed by atoms with Gasteiger partial charge in [-0.15, -0.1) is 0 Å². The van der Waals surface area contributed by atoms with E-state index in [0.29, 0.717) is 12.1 Å². The van der Waals surface area contributed by atoms with Gasteiger partial charge in [0, 0.05) is 12.1 Å². The Hall–Kier alpha value is -1.64. The van der Waals surface area contributed by atoms with Crippen molar-refractivity contribution in [2.24, 2.45) is 0 Å². The molecule has 19 heavy (non-hydrogen) atoms. The van der Waals surface area contributed by atoms with Gasteiger partial charge in [-0.05, 0) is 31.6 Å². The van der Waals surface area contributed by atoms with Gasteiger partial charge in [-0.2, -0.15) is 0 Å². The van der Waals surface area contributed by atoms with E-state index in [4.69, 9.17) is 0 Å². The number of hydrogen-bond donors (Lipinski definition) is 2. The molecule has 2 rings (SSSR count).